The van der Waals surface area contributed by atoms with Crippen molar-refractivity contribution in [2.75, 3.05) is 13.4 Å². The van der Waals surface area contributed by atoms with E-state index in [1.54, 1.807) is 6.07 Å². The number of aromatic carboxylic acids is 1. The van der Waals surface area contributed by atoms with E-state index in [2.05, 4.69) is 0 Å². The summed E-state index contributed by atoms with van der Waals surface area (Å²) in [6.07, 6.45) is 2.42. The molecule has 0 bridgehead atoms. The van der Waals surface area contributed by atoms with Gasteiger partial charge in [0.25, 0.3) is 0 Å². The van der Waals surface area contributed by atoms with Crippen LogP contribution in [-0.2, 0) is 4.74 Å². The Balaban J connectivity index is 1.91. The lowest BCUT2D eigenvalue weighted by Gasteiger charge is -2.09. The molecule has 1 aromatic rings. The van der Waals surface area contributed by atoms with E-state index in [0.29, 0.717) is 17.5 Å². The topological polar surface area (TPSA) is 55.8 Å². The van der Waals surface area contributed by atoms with Crippen LogP contribution in [0.3, 0.4) is 0 Å². The van der Waals surface area contributed by atoms with Crippen LogP contribution in [0, 0.1) is 5.92 Å². The average molecular weight is 257 g/mol. The lowest BCUT2D eigenvalue weighted by atomic mass is 10.2. The van der Waals surface area contributed by atoms with Crippen LogP contribution < -0.4 is 4.74 Å². The highest BCUT2D eigenvalue weighted by Gasteiger charge is 2.21. The normalized spacial score (nSPS) is 14.6. The number of hydrogen-bond acceptors (Lipinski definition) is 3. The lowest BCUT2D eigenvalue weighted by Crippen LogP contribution is -2.08. The Morgan fingerprint density at radius 3 is 2.88 bits per heavy atom. The van der Waals surface area contributed by atoms with Crippen molar-refractivity contribution in [1.29, 1.82) is 0 Å². The summed E-state index contributed by atoms with van der Waals surface area (Å²) in [5, 5.41) is 9.33. The first-order chi connectivity index (χ1) is 8.16. The Hall–Kier alpha value is -1.26. The van der Waals surface area contributed by atoms with Gasteiger partial charge in [-0.05, 0) is 37.0 Å². The Morgan fingerprint density at radius 2 is 2.24 bits per heavy atom. The van der Waals surface area contributed by atoms with Gasteiger partial charge in [0.1, 0.15) is 11.3 Å². The van der Waals surface area contributed by atoms with Gasteiger partial charge in [0.2, 0.25) is 0 Å². The third-order valence-electron chi connectivity index (χ3n) is 2.52. The molecule has 5 heteroatoms. The van der Waals surface area contributed by atoms with Crippen molar-refractivity contribution < 1.29 is 19.4 Å². The van der Waals surface area contributed by atoms with E-state index in [1.807, 2.05) is 0 Å². The van der Waals surface area contributed by atoms with Crippen molar-refractivity contribution >= 4 is 17.6 Å². The second-order valence-corrected chi connectivity index (χ2v) is 4.46. The number of carboxylic acids is 1. The smallest absolute Gasteiger partial charge is 0.339 e. The van der Waals surface area contributed by atoms with Gasteiger partial charge in [-0.1, -0.05) is 11.6 Å². The molecule has 0 saturated heterocycles. The molecule has 1 aliphatic carbocycles. The van der Waals surface area contributed by atoms with Gasteiger partial charge in [0.15, 0.2) is 6.79 Å². The Kier molecular flexibility index (Phi) is 3.86. The number of benzene rings is 1. The van der Waals surface area contributed by atoms with Crippen LogP contribution in [0.2, 0.25) is 5.02 Å². The fraction of sp³-hybridized carbons (Fsp3) is 0.417. The first-order valence-electron chi connectivity index (χ1n) is 5.40. The summed E-state index contributed by atoms with van der Waals surface area (Å²) in [5.74, 6) is -0.134. The van der Waals surface area contributed by atoms with Crippen molar-refractivity contribution in [3.63, 3.8) is 0 Å². The molecule has 0 aromatic heterocycles. The zero-order valence-corrected chi connectivity index (χ0v) is 9.94. The lowest BCUT2D eigenvalue weighted by molar-refractivity contribution is 0.00919. The molecular weight excluding hydrogens is 244 g/mol. The molecule has 17 heavy (non-hydrogen) atoms. The maximum Gasteiger partial charge on any atom is 0.339 e. The summed E-state index contributed by atoms with van der Waals surface area (Å²) in [6, 6.07) is 4.48. The van der Waals surface area contributed by atoms with Gasteiger partial charge < -0.3 is 14.6 Å². The van der Waals surface area contributed by atoms with Gasteiger partial charge in [-0.2, -0.15) is 0 Å². The zero-order valence-electron chi connectivity index (χ0n) is 9.19. The van der Waals surface area contributed by atoms with Crippen LogP contribution in [0.4, 0.5) is 0 Å². The molecule has 1 N–H and O–H groups in total. The highest BCUT2D eigenvalue weighted by atomic mass is 35.5. The van der Waals surface area contributed by atoms with Crippen molar-refractivity contribution in [2.24, 2.45) is 5.92 Å². The summed E-state index contributed by atoms with van der Waals surface area (Å²) in [4.78, 5) is 10.9. The second kappa shape index (κ2) is 5.38. The minimum absolute atomic E-state index is 0.0486. The van der Waals surface area contributed by atoms with E-state index in [9.17, 15) is 4.79 Å². The summed E-state index contributed by atoms with van der Waals surface area (Å²) < 4.78 is 10.5. The molecule has 1 aromatic carbocycles. The SMILES string of the molecule is O=C(O)c1cc(Cl)ccc1OCOCC1CC1. The Morgan fingerprint density at radius 1 is 1.47 bits per heavy atom. The van der Waals surface area contributed by atoms with Gasteiger partial charge in [-0.3, -0.25) is 0 Å². The number of rotatable bonds is 6. The van der Waals surface area contributed by atoms with Gasteiger partial charge in [0, 0.05) is 5.02 Å². The molecule has 0 unspecified atom stereocenters. The van der Waals surface area contributed by atoms with Crippen molar-refractivity contribution in [3.8, 4) is 5.75 Å². The predicted octanol–water partition coefficient (Wildman–Crippen LogP) is 2.80. The van der Waals surface area contributed by atoms with E-state index >= 15 is 0 Å². The van der Waals surface area contributed by atoms with Crippen molar-refractivity contribution in [3.05, 3.63) is 28.8 Å². The highest BCUT2D eigenvalue weighted by Crippen LogP contribution is 2.29. The molecule has 0 heterocycles. The minimum atomic E-state index is -1.07. The molecule has 0 spiro atoms. The predicted molar refractivity (Wildman–Crippen MR) is 62.6 cm³/mol. The molecule has 1 aliphatic rings. The van der Waals surface area contributed by atoms with Crippen LogP contribution in [0.5, 0.6) is 5.75 Å². The van der Waals surface area contributed by atoms with E-state index < -0.39 is 5.97 Å². The van der Waals surface area contributed by atoms with E-state index in [0.717, 1.165) is 0 Å². The third kappa shape index (κ3) is 3.61. The summed E-state index contributed by atoms with van der Waals surface area (Å²) >= 11 is 5.72. The maximum absolute atomic E-state index is 10.9. The monoisotopic (exact) mass is 256 g/mol. The molecule has 0 amide bonds. The largest absolute Gasteiger partial charge is 0.478 e. The molecule has 0 radical (unpaired) electrons. The van der Waals surface area contributed by atoms with Gasteiger partial charge in [0.05, 0.1) is 6.61 Å². The number of halogens is 1. The van der Waals surface area contributed by atoms with Gasteiger partial charge in [-0.25, -0.2) is 4.79 Å². The van der Waals surface area contributed by atoms with Crippen molar-refractivity contribution in [2.45, 2.75) is 12.8 Å². The molecule has 0 atom stereocenters. The number of carbonyl (C=O) groups is 1. The molecule has 1 fully saturated rings. The second-order valence-electron chi connectivity index (χ2n) is 4.02. The first kappa shape index (κ1) is 12.2. The molecule has 92 valence electrons. The van der Waals surface area contributed by atoms with Crippen molar-refractivity contribution in [1.82, 2.24) is 0 Å². The van der Waals surface area contributed by atoms with Crippen LogP contribution in [0.25, 0.3) is 0 Å². The van der Waals surface area contributed by atoms with Gasteiger partial charge in [-0.15, -0.1) is 0 Å². The van der Waals surface area contributed by atoms with Gasteiger partial charge >= 0.3 is 5.97 Å². The fourth-order valence-corrected chi connectivity index (χ4v) is 1.57. The molecule has 4 nitrogen and oxygen atoms in total. The summed E-state index contributed by atoms with van der Waals surface area (Å²) in [5.41, 5.74) is 0.0486. The van der Waals surface area contributed by atoms with E-state index in [1.165, 1.54) is 25.0 Å². The third-order valence-corrected chi connectivity index (χ3v) is 2.76. The molecule has 1 saturated carbocycles. The van der Waals surface area contributed by atoms with E-state index in [-0.39, 0.29) is 18.1 Å². The van der Waals surface area contributed by atoms with Crippen LogP contribution in [0.15, 0.2) is 18.2 Å². The highest BCUT2D eigenvalue weighted by molar-refractivity contribution is 6.31. The average Bonchev–Trinajstić information content (AvgIpc) is 3.09. The van der Waals surface area contributed by atoms with Crippen LogP contribution in [-0.4, -0.2) is 24.5 Å². The Labute approximate surface area is 104 Å². The zero-order chi connectivity index (χ0) is 12.3. The summed E-state index contributed by atoms with van der Waals surface area (Å²) in [6.45, 7) is 0.744. The fourth-order valence-electron chi connectivity index (χ4n) is 1.40. The molecule has 0 aliphatic heterocycles. The summed E-state index contributed by atoms with van der Waals surface area (Å²) in [7, 11) is 0. The first-order valence-corrected chi connectivity index (χ1v) is 5.78. The molecule has 2 rings (SSSR count). The standard InChI is InChI=1S/C12H13ClO4/c13-9-3-4-11(10(5-9)12(14)15)17-7-16-6-8-1-2-8/h3-5,8H,1-2,6-7H2,(H,14,15). The van der Waals surface area contributed by atoms with E-state index in [4.69, 9.17) is 26.2 Å². The number of carboxylic acid groups (broad SMARTS) is 1. The number of hydrogen-bond donors (Lipinski definition) is 1. The maximum atomic E-state index is 10.9. The number of ether oxygens (including phenoxy) is 2. The van der Waals surface area contributed by atoms with Crippen LogP contribution in [0.1, 0.15) is 23.2 Å². The minimum Gasteiger partial charge on any atom is -0.478 e. The molecular formula is C12H13ClO4. The van der Waals surface area contributed by atoms with Crippen LogP contribution >= 0.6 is 11.6 Å². The Bertz CT molecular complexity index is 415. The quantitative estimate of drug-likeness (QED) is 0.628.